The number of nitrogens with one attached hydrogen (secondary N) is 3. The van der Waals surface area contributed by atoms with Crippen LogP contribution in [0.5, 0.6) is 0 Å². The van der Waals surface area contributed by atoms with Gasteiger partial charge in [0.25, 0.3) is 0 Å². The summed E-state index contributed by atoms with van der Waals surface area (Å²) in [6, 6.07) is 6.62. The third-order valence-electron chi connectivity index (χ3n) is 5.11. The van der Waals surface area contributed by atoms with Crippen molar-refractivity contribution in [1.82, 2.24) is 20.5 Å². The Morgan fingerprint density at radius 2 is 1.90 bits per heavy atom. The smallest absolute Gasteiger partial charge is 0.246 e. The van der Waals surface area contributed by atoms with Crippen LogP contribution >= 0.6 is 12.4 Å². The summed E-state index contributed by atoms with van der Waals surface area (Å²) >= 11 is 0. The number of H-pyrrole nitrogens is 1. The maximum atomic E-state index is 12.4. The lowest BCUT2D eigenvalue weighted by Crippen LogP contribution is -2.42. The van der Waals surface area contributed by atoms with E-state index in [0.717, 1.165) is 18.4 Å². The number of hydrogen-bond donors (Lipinski definition) is 4. The Morgan fingerprint density at radius 1 is 1.21 bits per heavy atom. The quantitative estimate of drug-likeness (QED) is 0.547. The minimum atomic E-state index is -0.587. The van der Waals surface area contributed by atoms with Crippen molar-refractivity contribution in [3.8, 4) is 11.4 Å². The largest absolute Gasteiger partial charge is 0.345 e. The van der Waals surface area contributed by atoms with Gasteiger partial charge in [-0.1, -0.05) is 19.3 Å². The zero-order chi connectivity index (χ0) is 19.9. The van der Waals surface area contributed by atoms with Crippen LogP contribution in [0.3, 0.4) is 0 Å². The number of benzene rings is 1. The minimum Gasteiger partial charge on any atom is -0.345 e. The van der Waals surface area contributed by atoms with Gasteiger partial charge in [-0.05, 0) is 49.9 Å². The number of rotatable bonds is 7. The molecule has 0 saturated heterocycles. The Balaban J connectivity index is 0.00000300. The van der Waals surface area contributed by atoms with E-state index >= 15 is 0 Å². The molecule has 2 amide bonds. The van der Waals surface area contributed by atoms with Gasteiger partial charge in [0, 0.05) is 17.7 Å². The van der Waals surface area contributed by atoms with E-state index in [1.165, 1.54) is 19.3 Å². The van der Waals surface area contributed by atoms with E-state index in [1.807, 2.05) is 12.1 Å². The normalized spacial score (nSPS) is 15.2. The van der Waals surface area contributed by atoms with Crippen molar-refractivity contribution in [2.75, 3.05) is 5.32 Å². The second-order valence-electron chi connectivity index (χ2n) is 7.37. The van der Waals surface area contributed by atoms with E-state index in [2.05, 4.69) is 25.8 Å². The van der Waals surface area contributed by atoms with Crippen LogP contribution < -0.4 is 16.4 Å². The number of hydrogen-bond acceptors (Lipinski definition) is 5. The number of nitrogens with zero attached hydrogens (tertiary/aromatic N) is 2. The van der Waals surface area contributed by atoms with E-state index in [1.54, 1.807) is 19.1 Å². The molecule has 1 aromatic heterocycles. The van der Waals surface area contributed by atoms with Gasteiger partial charge in [-0.2, -0.15) is 5.10 Å². The second kappa shape index (κ2) is 10.9. The highest BCUT2D eigenvalue weighted by atomic mass is 35.5. The lowest BCUT2D eigenvalue weighted by molar-refractivity contribution is -0.126. The zero-order valence-corrected chi connectivity index (χ0v) is 17.4. The molecule has 1 aliphatic rings. The molecule has 1 aliphatic carbocycles. The number of carbonyl (C=O) groups excluding carboxylic acids is 2. The number of halogens is 1. The third-order valence-corrected chi connectivity index (χ3v) is 5.11. The van der Waals surface area contributed by atoms with Crippen LogP contribution in [-0.2, 0) is 16.1 Å². The predicted molar refractivity (Wildman–Crippen MR) is 114 cm³/mol. The van der Waals surface area contributed by atoms with Crippen LogP contribution in [0.4, 0.5) is 5.69 Å². The molecule has 158 valence electrons. The Hall–Kier alpha value is -2.45. The van der Waals surface area contributed by atoms with Crippen molar-refractivity contribution in [3.63, 3.8) is 0 Å². The highest BCUT2D eigenvalue weighted by Gasteiger charge is 2.20. The number of aromatic nitrogens is 3. The first kappa shape index (κ1) is 22.8. The fraction of sp³-hybridized carbons (Fsp3) is 0.500. The summed E-state index contributed by atoms with van der Waals surface area (Å²) in [5, 5.41) is 12.5. The topological polar surface area (TPSA) is 126 Å². The first-order valence-electron chi connectivity index (χ1n) is 9.87. The summed E-state index contributed by atoms with van der Waals surface area (Å²) in [5.41, 5.74) is 7.00. The summed E-state index contributed by atoms with van der Waals surface area (Å²) in [6.45, 7) is 2.00. The molecule has 8 nitrogen and oxygen atoms in total. The number of amides is 2. The van der Waals surface area contributed by atoms with Gasteiger partial charge < -0.3 is 16.4 Å². The lowest BCUT2D eigenvalue weighted by Gasteiger charge is -2.22. The molecule has 29 heavy (non-hydrogen) atoms. The van der Waals surface area contributed by atoms with Gasteiger partial charge in [0.15, 0.2) is 5.82 Å². The highest BCUT2D eigenvalue weighted by molar-refractivity contribution is 5.97. The van der Waals surface area contributed by atoms with E-state index in [9.17, 15) is 9.59 Å². The molecule has 1 atom stereocenters. The third kappa shape index (κ3) is 6.54. The van der Waals surface area contributed by atoms with E-state index < -0.39 is 6.04 Å². The molecule has 1 unspecified atom stereocenters. The maximum absolute atomic E-state index is 12.4. The molecule has 0 radical (unpaired) electrons. The summed E-state index contributed by atoms with van der Waals surface area (Å²) in [7, 11) is 0. The van der Waals surface area contributed by atoms with E-state index in [-0.39, 0.29) is 24.2 Å². The van der Waals surface area contributed by atoms with Crippen LogP contribution in [0.2, 0.25) is 0 Å². The Bertz CT molecular complexity index is 802. The molecule has 0 spiro atoms. The van der Waals surface area contributed by atoms with Gasteiger partial charge in [0.2, 0.25) is 11.8 Å². The molecule has 1 saturated carbocycles. The maximum Gasteiger partial charge on any atom is 0.246 e. The fourth-order valence-electron chi connectivity index (χ4n) is 3.49. The number of nitrogens with two attached hydrogens (primary N) is 1. The number of anilines is 1. The van der Waals surface area contributed by atoms with Crippen molar-refractivity contribution in [3.05, 3.63) is 30.1 Å². The average Bonchev–Trinajstić information content (AvgIpc) is 3.18. The van der Waals surface area contributed by atoms with Gasteiger partial charge in [-0.15, -0.1) is 12.4 Å². The first-order chi connectivity index (χ1) is 13.5. The molecular weight excluding hydrogens is 392 g/mol. The molecule has 3 rings (SSSR count). The molecule has 5 N–H and O–H groups in total. The minimum absolute atomic E-state index is 0. The van der Waals surface area contributed by atoms with E-state index in [4.69, 9.17) is 5.73 Å². The van der Waals surface area contributed by atoms with Gasteiger partial charge in [-0.25, -0.2) is 4.98 Å². The zero-order valence-electron chi connectivity index (χ0n) is 16.6. The summed E-state index contributed by atoms with van der Waals surface area (Å²) in [4.78, 5) is 28.8. The van der Waals surface area contributed by atoms with Gasteiger partial charge in [-0.3, -0.25) is 14.7 Å². The molecule has 0 aliphatic heterocycles. The monoisotopic (exact) mass is 420 g/mol. The summed E-state index contributed by atoms with van der Waals surface area (Å²) < 4.78 is 0. The predicted octanol–water partition coefficient (Wildman–Crippen LogP) is 2.77. The molecule has 2 aromatic rings. The lowest BCUT2D eigenvalue weighted by atomic mass is 9.87. The van der Waals surface area contributed by atoms with Crippen molar-refractivity contribution < 1.29 is 9.59 Å². The van der Waals surface area contributed by atoms with Crippen LogP contribution in [0.15, 0.2) is 24.3 Å². The van der Waals surface area contributed by atoms with Gasteiger partial charge >= 0.3 is 0 Å². The van der Waals surface area contributed by atoms with Crippen LogP contribution in [-0.4, -0.2) is 33.0 Å². The molecule has 1 fully saturated rings. The van der Waals surface area contributed by atoms with Gasteiger partial charge in [0.05, 0.1) is 6.54 Å². The first-order valence-corrected chi connectivity index (χ1v) is 9.87. The standard InChI is InChI=1S/C20H28N6O2.ClH/c1-13(22-18(27)11-14-5-3-2-4-6-14)20(28)23-16-9-7-15(8-10-16)19-24-17(12-21)25-26-19;/h7-10,13-14H,2-6,11-12,21H2,1H3,(H,22,27)(H,23,28)(H,24,25,26);1H. The summed E-state index contributed by atoms with van der Waals surface area (Å²) in [5.74, 6) is 1.33. The molecule has 0 bridgehead atoms. The Morgan fingerprint density at radius 3 is 2.52 bits per heavy atom. The van der Waals surface area contributed by atoms with Gasteiger partial charge in [0.1, 0.15) is 11.9 Å². The number of aromatic amines is 1. The molecule has 1 aromatic carbocycles. The average molecular weight is 421 g/mol. The molecule has 9 heteroatoms. The number of carbonyl (C=O) groups is 2. The van der Waals surface area contributed by atoms with Crippen molar-refractivity contribution in [1.29, 1.82) is 0 Å². The fourth-order valence-corrected chi connectivity index (χ4v) is 3.49. The van der Waals surface area contributed by atoms with Crippen LogP contribution in [0, 0.1) is 5.92 Å². The Labute approximate surface area is 176 Å². The highest BCUT2D eigenvalue weighted by Crippen LogP contribution is 2.26. The van der Waals surface area contributed by atoms with Crippen molar-refractivity contribution in [2.24, 2.45) is 11.7 Å². The molecular formula is C20H29ClN6O2. The van der Waals surface area contributed by atoms with E-state index in [0.29, 0.717) is 36.2 Å². The SMILES string of the molecule is CC(NC(=O)CC1CCCCC1)C(=O)Nc1ccc(-c2n[nH]c(CN)n2)cc1.Cl. The molecule has 1 heterocycles. The van der Waals surface area contributed by atoms with Crippen molar-refractivity contribution in [2.45, 2.75) is 58.0 Å². The summed E-state index contributed by atoms with van der Waals surface area (Å²) in [6.07, 6.45) is 6.39. The van der Waals surface area contributed by atoms with Crippen molar-refractivity contribution >= 4 is 29.9 Å². The second-order valence-corrected chi connectivity index (χ2v) is 7.37. The Kier molecular flexibility index (Phi) is 8.60. The van der Waals surface area contributed by atoms with Crippen LogP contribution in [0.25, 0.3) is 11.4 Å². The van der Waals surface area contributed by atoms with Crippen LogP contribution in [0.1, 0.15) is 51.3 Å².